The lowest BCUT2D eigenvalue weighted by atomic mass is 10.1. The van der Waals surface area contributed by atoms with Crippen molar-refractivity contribution in [1.29, 1.82) is 0 Å². The summed E-state index contributed by atoms with van der Waals surface area (Å²) >= 11 is 1.60. The molecule has 0 amide bonds. The first-order valence-corrected chi connectivity index (χ1v) is 11.5. The van der Waals surface area contributed by atoms with Gasteiger partial charge in [-0.05, 0) is 47.4 Å². The Labute approximate surface area is 167 Å². The van der Waals surface area contributed by atoms with Crippen molar-refractivity contribution in [3.8, 4) is 0 Å². The summed E-state index contributed by atoms with van der Waals surface area (Å²) < 4.78 is 32.3. The normalized spacial score (nSPS) is 21.1. The van der Waals surface area contributed by atoms with Crippen LogP contribution in [0, 0.1) is 10.1 Å². The van der Waals surface area contributed by atoms with Gasteiger partial charge in [-0.25, -0.2) is 8.42 Å². The molecular formula is C18H21N3O5S2. The Balaban J connectivity index is 1.71. The Morgan fingerprint density at radius 3 is 2.64 bits per heavy atom. The van der Waals surface area contributed by atoms with Gasteiger partial charge in [-0.15, -0.1) is 0 Å². The zero-order valence-corrected chi connectivity index (χ0v) is 16.8. The number of anilines is 1. The summed E-state index contributed by atoms with van der Waals surface area (Å²) in [5.74, 6) is 0. The molecule has 1 aromatic carbocycles. The Hall–Kier alpha value is -2.01. The summed E-state index contributed by atoms with van der Waals surface area (Å²) in [6.45, 7) is 1.87. The smallest absolute Gasteiger partial charge is 0.293 e. The van der Waals surface area contributed by atoms with Gasteiger partial charge >= 0.3 is 0 Å². The first-order chi connectivity index (χ1) is 13.5. The van der Waals surface area contributed by atoms with Gasteiger partial charge in [0.2, 0.25) is 10.0 Å². The molecule has 0 aliphatic carbocycles. The number of ether oxygens (including phenoxy) is 1. The van der Waals surface area contributed by atoms with Crippen LogP contribution in [0.3, 0.4) is 0 Å². The number of nitro benzene ring substituents is 1. The predicted molar refractivity (Wildman–Crippen MR) is 106 cm³/mol. The Bertz CT molecular complexity index is 956. The monoisotopic (exact) mass is 423 g/mol. The Kier molecular flexibility index (Phi) is 5.37. The maximum Gasteiger partial charge on any atom is 0.293 e. The van der Waals surface area contributed by atoms with Crippen molar-refractivity contribution in [2.45, 2.75) is 23.8 Å². The molecule has 10 heteroatoms. The third kappa shape index (κ3) is 3.52. The molecule has 1 atom stereocenters. The molecule has 0 spiro atoms. The first-order valence-electron chi connectivity index (χ1n) is 9.13. The van der Waals surface area contributed by atoms with Crippen LogP contribution >= 0.6 is 11.3 Å². The minimum Gasteiger partial charge on any atom is -0.379 e. The highest BCUT2D eigenvalue weighted by molar-refractivity contribution is 7.89. The second-order valence-electron chi connectivity index (χ2n) is 6.83. The first kappa shape index (κ1) is 19.3. The number of morpholine rings is 1. The van der Waals surface area contributed by atoms with Crippen LogP contribution in [0.4, 0.5) is 11.4 Å². The van der Waals surface area contributed by atoms with Crippen LogP contribution in [0.1, 0.15) is 24.4 Å². The number of nitrogens with zero attached hydrogens (tertiary/aromatic N) is 3. The molecule has 2 aromatic rings. The van der Waals surface area contributed by atoms with Gasteiger partial charge in [0.1, 0.15) is 5.69 Å². The van der Waals surface area contributed by atoms with E-state index in [9.17, 15) is 18.5 Å². The SMILES string of the molecule is O=[N+]([O-])c1cc(S(=O)(=O)N2CCOCC2)ccc1N1CCC[C@H]1c1ccsc1. The molecule has 3 heterocycles. The van der Waals surface area contributed by atoms with E-state index in [1.54, 1.807) is 17.4 Å². The van der Waals surface area contributed by atoms with E-state index in [4.69, 9.17) is 4.74 Å². The summed E-state index contributed by atoms with van der Waals surface area (Å²) in [5.41, 5.74) is 1.44. The summed E-state index contributed by atoms with van der Waals surface area (Å²) in [5, 5.41) is 15.8. The second-order valence-corrected chi connectivity index (χ2v) is 9.55. The number of hydrogen-bond donors (Lipinski definition) is 0. The number of nitro groups is 1. The van der Waals surface area contributed by atoms with Crippen LogP contribution in [0.5, 0.6) is 0 Å². The van der Waals surface area contributed by atoms with Crippen molar-refractivity contribution in [1.82, 2.24) is 4.31 Å². The Morgan fingerprint density at radius 1 is 1.18 bits per heavy atom. The third-order valence-electron chi connectivity index (χ3n) is 5.24. The zero-order chi connectivity index (χ0) is 19.7. The second kappa shape index (κ2) is 7.78. The van der Waals surface area contributed by atoms with Crippen molar-refractivity contribution in [2.75, 3.05) is 37.7 Å². The largest absolute Gasteiger partial charge is 0.379 e. The molecule has 0 N–H and O–H groups in total. The summed E-state index contributed by atoms with van der Waals surface area (Å²) in [4.78, 5) is 13.3. The van der Waals surface area contributed by atoms with E-state index in [1.807, 2.05) is 16.3 Å². The predicted octanol–water partition coefficient (Wildman–Crippen LogP) is 3.02. The van der Waals surface area contributed by atoms with Gasteiger partial charge < -0.3 is 9.64 Å². The Morgan fingerprint density at radius 2 is 1.96 bits per heavy atom. The van der Waals surface area contributed by atoms with Crippen LogP contribution in [0.2, 0.25) is 0 Å². The van der Waals surface area contributed by atoms with E-state index >= 15 is 0 Å². The number of thiophene rings is 1. The van der Waals surface area contributed by atoms with Crippen molar-refractivity contribution in [3.63, 3.8) is 0 Å². The third-order valence-corrected chi connectivity index (χ3v) is 7.84. The number of rotatable bonds is 5. The molecule has 0 radical (unpaired) electrons. The highest BCUT2D eigenvalue weighted by Gasteiger charge is 2.33. The van der Waals surface area contributed by atoms with Crippen molar-refractivity contribution in [3.05, 3.63) is 50.7 Å². The van der Waals surface area contributed by atoms with Crippen LogP contribution in [0.15, 0.2) is 39.9 Å². The van der Waals surface area contributed by atoms with E-state index in [-0.39, 0.29) is 29.7 Å². The lowest BCUT2D eigenvalue weighted by molar-refractivity contribution is -0.384. The van der Waals surface area contributed by atoms with Crippen molar-refractivity contribution < 1.29 is 18.1 Å². The van der Waals surface area contributed by atoms with Gasteiger partial charge in [0, 0.05) is 25.7 Å². The summed E-state index contributed by atoms with van der Waals surface area (Å²) in [6.07, 6.45) is 1.85. The minimum absolute atomic E-state index is 0.0452. The molecule has 1 aromatic heterocycles. The molecule has 0 saturated carbocycles. The quantitative estimate of drug-likeness (QED) is 0.542. The fraction of sp³-hybridized carbons (Fsp3) is 0.444. The van der Waals surface area contributed by atoms with Crippen molar-refractivity contribution >= 4 is 32.7 Å². The molecule has 0 unspecified atom stereocenters. The summed E-state index contributed by atoms with van der Waals surface area (Å²) in [6, 6.07) is 6.37. The standard InChI is InChI=1S/C18H21N3O5S2/c22-21(23)18-12-15(28(24,25)19-7-9-26-10-8-19)3-4-17(18)20-6-1-2-16(20)14-5-11-27-13-14/h3-5,11-13,16H,1-2,6-10H2/t16-/m0/s1. The van der Waals surface area contributed by atoms with Crippen LogP contribution in [0.25, 0.3) is 0 Å². The molecule has 0 bridgehead atoms. The number of sulfonamides is 1. The molecular weight excluding hydrogens is 402 g/mol. The molecule has 4 rings (SSSR count). The van der Waals surface area contributed by atoms with Crippen molar-refractivity contribution in [2.24, 2.45) is 0 Å². The maximum atomic E-state index is 12.9. The molecule has 8 nitrogen and oxygen atoms in total. The highest BCUT2D eigenvalue weighted by Crippen LogP contribution is 2.41. The number of hydrogen-bond acceptors (Lipinski definition) is 7. The molecule has 150 valence electrons. The highest BCUT2D eigenvalue weighted by atomic mass is 32.2. The van der Waals surface area contributed by atoms with E-state index in [0.717, 1.165) is 18.4 Å². The van der Waals surface area contributed by atoms with Gasteiger partial charge in [0.25, 0.3) is 5.69 Å². The topological polar surface area (TPSA) is 93.0 Å². The molecule has 2 aliphatic heterocycles. The van der Waals surface area contributed by atoms with E-state index < -0.39 is 14.9 Å². The van der Waals surface area contributed by atoms with Gasteiger partial charge in [0.15, 0.2) is 0 Å². The van der Waals surface area contributed by atoms with Gasteiger partial charge in [-0.1, -0.05) is 0 Å². The van der Waals surface area contributed by atoms with Crippen LogP contribution in [-0.4, -0.2) is 50.5 Å². The maximum absolute atomic E-state index is 12.9. The molecule has 2 fully saturated rings. The molecule has 28 heavy (non-hydrogen) atoms. The van der Waals surface area contributed by atoms with Crippen LogP contribution < -0.4 is 4.90 Å². The number of benzene rings is 1. The fourth-order valence-electron chi connectivity index (χ4n) is 3.86. The average molecular weight is 424 g/mol. The average Bonchev–Trinajstić information content (AvgIpc) is 3.39. The van der Waals surface area contributed by atoms with Crippen LogP contribution in [-0.2, 0) is 14.8 Å². The molecule has 2 aliphatic rings. The lowest BCUT2D eigenvalue weighted by Gasteiger charge is -2.28. The summed E-state index contributed by atoms with van der Waals surface area (Å²) in [7, 11) is -3.78. The van der Waals surface area contributed by atoms with Gasteiger partial charge in [-0.3, -0.25) is 10.1 Å². The van der Waals surface area contributed by atoms with E-state index in [2.05, 4.69) is 5.38 Å². The van der Waals surface area contributed by atoms with E-state index in [0.29, 0.717) is 25.4 Å². The lowest BCUT2D eigenvalue weighted by Crippen LogP contribution is -2.40. The zero-order valence-electron chi connectivity index (χ0n) is 15.2. The minimum atomic E-state index is -3.78. The van der Waals surface area contributed by atoms with Gasteiger partial charge in [-0.2, -0.15) is 15.6 Å². The fourth-order valence-corrected chi connectivity index (χ4v) is 5.99. The van der Waals surface area contributed by atoms with Gasteiger partial charge in [0.05, 0.1) is 29.1 Å². The van der Waals surface area contributed by atoms with E-state index in [1.165, 1.54) is 16.4 Å². The molecule has 2 saturated heterocycles.